The Labute approximate surface area is 199 Å². The van der Waals surface area contributed by atoms with Gasteiger partial charge in [-0.05, 0) is 68.4 Å². The number of hydrogen-bond acceptors (Lipinski definition) is 3. The number of ether oxygens (including phenoxy) is 3. The van der Waals surface area contributed by atoms with Crippen LogP contribution in [0.5, 0.6) is 11.5 Å². The maximum absolute atomic E-state index is 14.4. The highest BCUT2D eigenvalue weighted by Gasteiger charge is 2.34. The van der Waals surface area contributed by atoms with E-state index in [0.717, 1.165) is 25.7 Å². The monoisotopic (exact) mass is 482 g/mol. The molecule has 0 saturated heterocycles. The van der Waals surface area contributed by atoms with E-state index >= 15 is 0 Å². The molecule has 0 atom stereocenters. The molecule has 0 unspecified atom stereocenters. The Kier molecular flexibility index (Phi) is 9.63. The first-order chi connectivity index (χ1) is 16.3. The van der Waals surface area contributed by atoms with Gasteiger partial charge in [-0.15, -0.1) is 0 Å². The highest BCUT2D eigenvalue weighted by Crippen LogP contribution is 2.33. The molecule has 7 heteroatoms. The quantitative estimate of drug-likeness (QED) is 0.226. The second kappa shape index (κ2) is 12.4. The summed E-state index contributed by atoms with van der Waals surface area (Å²) < 4.78 is 72.5. The van der Waals surface area contributed by atoms with Gasteiger partial charge in [-0.1, -0.05) is 44.7 Å². The lowest BCUT2D eigenvalue weighted by Gasteiger charge is -2.29. The number of alkyl halides is 2. The number of rotatable bonds is 12. The molecule has 0 heterocycles. The van der Waals surface area contributed by atoms with E-state index < -0.39 is 24.3 Å². The molecule has 3 nitrogen and oxygen atoms in total. The largest absolute Gasteiger partial charge is 0.491 e. The zero-order chi connectivity index (χ0) is 24.6. The van der Waals surface area contributed by atoms with E-state index in [-0.39, 0.29) is 29.8 Å². The summed E-state index contributed by atoms with van der Waals surface area (Å²) in [6, 6.07) is 8.15. The highest BCUT2D eigenvalue weighted by molar-refractivity contribution is 5.66. The summed E-state index contributed by atoms with van der Waals surface area (Å²) in [5, 5.41) is 0. The summed E-state index contributed by atoms with van der Waals surface area (Å²) in [6.45, 7) is 3.24. The first-order valence-electron chi connectivity index (χ1n) is 12.2. The van der Waals surface area contributed by atoms with Crippen molar-refractivity contribution in [1.29, 1.82) is 0 Å². The van der Waals surface area contributed by atoms with Crippen molar-refractivity contribution >= 4 is 0 Å². The Morgan fingerprint density at radius 1 is 0.882 bits per heavy atom. The fourth-order valence-electron chi connectivity index (χ4n) is 4.41. The summed E-state index contributed by atoms with van der Waals surface area (Å²) in [5.41, 5.74) is 0.343. The Bertz CT molecular complexity index is 893. The molecule has 1 aliphatic rings. The molecular formula is C27H34F4O3. The van der Waals surface area contributed by atoms with Crippen molar-refractivity contribution in [3.63, 3.8) is 0 Å². The van der Waals surface area contributed by atoms with Gasteiger partial charge in [0.25, 0.3) is 0 Å². The Hall–Kier alpha value is -2.28. The van der Waals surface area contributed by atoms with Crippen LogP contribution in [0.4, 0.5) is 17.6 Å². The van der Waals surface area contributed by atoms with Crippen LogP contribution in [0, 0.1) is 17.6 Å². The third kappa shape index (κ3) is 7.36. The topological polar surface area (TPSA) is 27.7 Å². The maximum atomic E-state index is 14.4. The molecule has 1 aliphatic carbocycles. The van der Waals surface area contributed by atoms with Crippen molar-refractivity contribution < 1.29 is 31.8 Å². The Morgan fingerprint density at radius 3 is 2.24 bits per heavy atom. The molecule has 188 valence electrons. The second-order valence-electron chi connectivity index (χ2n) is 8.89. The standard InChI is InChI=1S/C27H34F4O3/c1-3-5-6-7-19-8-12-21(13-9-19)33-18-27(30,31)34-22-14-10-20(11-15-22)23-16-17-24(32-4-2)26(29)25(23)28/h10-11,14-17,19,21H,3-9,12-13,18H2,1-2H3. The van der Waals surface area contributed by atoms with Gasteiger partial charge < -0.3 is 14.2 Å². The number of hydrogen-bond donors (Lipinski definition) is 0. The predicted molar refractivity (Wildman–Crippen MR) is 124 cm³/mol. The van der Waals surface area contributed by atoms with Crippen LogP contribution in [0.2, 0.25) is 0 Å². The molecule has 0 spiro atoms. The summed E-state index contributed by atoms with van der Waals surface area (Å²) in [7, 11) is 0. The van der Waals surface area contributed by atoms with E-state index in [4.69, 9.17) is 14.2 Å². The van der Waals surface area contributed by atoms with Gasteiger partial charge >= 0.3 is 6.11 Å². The lowest BCUT2D eigenvalue weighted by molar-refractivity contribution is -0.222. The fourth-order valence-corrected chi connectivity index (χ4v) is 4.41. The molecule has 3 rings (SSSR count). The van der Waals surface area contributed by atoms with Crippen LogP contribution in [0.1, 0.15) is 65.2 Å². The third-order valence-electron chi connectivity index (χ3n) is 6.28. The SMILES string of the molecule is CCCCCC1CCC(OCC(F)(F)Oc2ccc(-c3ccc(OCC)c(F)c3F)cc2)CC1. The lowest BCUT2D eigenvalue weighted by atomic mass is 9.84. The number of halogens is 4. The Balaban J connectivity index is 1.50. The van der Waals surface area contributed by atoms with Crippen molar-refractivity contribution in [2.75, 3.05) is 13.2 Å². The van der Waals surface area contributed by atoms with Crippen LogP contribution in [0.25, 0.3) is 11.1 Å². The zero-order valence-corrected chi connectivity index (χ0v) is 19.9. The molecule has 1 fully saturated rings. The average Bonchev–Trinajstić information content (AvgIpc) is 2.82. The molecule has 0 radical (unpaired) electrons. The van der Waals surface area contributed by atoms with E-state index in [2.05, 4.69) is 6.92 Å². The molecule has 2 aromatic rings. The molecule has 1 saturated carbocycles. The van der Waals surface area contributed by atoms with Gasteiger partial charge in [-0.25, -0.2) is 4.39 Å². The van der Waals surface area contributed by atoms with E-state index in [1.54, 1.807) is 6.92 Å². The predicted octanol–water partition coefficient (Wildman–Crippen LogP) is 8.16. The van der Waals surface area contributed by atoms with Crippen molar-refractivity contribution in [2.24, 2.45) is 5.92 Å². The maximum Gasteiger partial charge on any atom is 0.421 e. The van der Waals surface area contributed by atoms with Crippen molar-refractivity contribution in [1.82, 2.24) is 0 Å². The minimum atomic E-state index is -3.49. The molecule has 34 heavy (non-hydrogen) atoms. The average molecular weight is 483 g/mol. The normalized spacial score (nSPS) is 18.6. The van der Waals surface area contributed by atoms with Crippen LogP contribution >= 0.6 is 0 Å². The number of unbranched alkanes of at least 4 members (excludes halogenated alkanes) is 2. The van der Waals surface area contributed by atoms with Gasteiger partial charge in [-0.2, -0.15) is 13.2 Å². The molecule has 0 bridgehead atoms. The first-order valence-corrected chi connectivity index (χ1v) is 12.2. The van der Waals surface area contributed by atoms with Gasteiger partial charge in [0, 0.05) is 5.56 Å². The second-order valence-corrected chi connectivity index (χ2v) is 8.89. The van der Waals surface area contributed by atoms with Gasteiger partial charge in [0.15, 0.2) is 18.2 Å². The highest BCUT2D eigenvalue weighted by atomic mass is 19.3. The Morgan fingerprint density at radius 2 is 1.59 bits per heavy atom. The van der Waals surface area contributed by atoms with Crippen LogP contribution in [0.3, 0.4) is 0 Å². The van der Waals surface area contributed by atoms with Crippen molar-refractivity contribution in [2.45, 2.75) is 77.4 Å². The molecule has 2 aromatic carbocycles. The summed E-state index contributed by atoms with van der Waals surface area (Å²) >= 11 is 0. The third-order valence-corrected chi connectivity index (χ3v) is 6.28. The number of benzene rings is 2. The summed E-state index contributed by atoms with van der Waals surface area (Å²) in [5.74, 6) is -1.72. The van der Waals surface area contributed by atoms with Gasteiger partial charge in [-0.3, -0.25) is 0 Å². The molecule has 0 aromatic heterocycles. The minimum absolute atomic E-state index is 0.00731. The van der Waals surface area contributed by atoms with Gasteiger partial charge in [0.2, 0.25) is 5.82 Å². The van der Waals surface area contributed by atoms with Crippen LogP contribution in [-0.4, -0.2) is 25.4 Å². The fraction of sp³-hybridized carbons (Fsp3) is 0.556. The lowest BCUT2D eigenvalue weighted by Crippen LogP contribution is -2.34. The van der Waals surface area contributed by atoms with Crippen molar-refractivity contribution in [3.05, 3.63) is 48.0 Å². The minimum Gasteiger partial charge on any atom is -0.491 e. The summed E-state index contributed by atoms with van der Waals surface area (Å²) in [6.07, 6.45) is 4.86. The van der Waals surface area contributed by atoms with Crippen LogP contribution < -0.4 is 9.47 Å². The van der Waals surface area contributed by atoms with E-state index in [1.165, 1.54) is 62.1 Å². The molecular weight excluding hydrogens is 448 g/mol. The van der Waals surface area contributed by atoms with Gasteiger partial charge in [0.05, 0.1) is 12.7 Å². The van der Waals surface area contributed by atoms with E-state index in [9.17, 15) is 17.6 Å². The van der Waals surface area contributed by atoms with Crippen LogP contribution in [0.15, 0.2) is 36.4 Å². The van der Waals surface area contributed by atoms with E-state index in [1.807, 2.05) is 0 Å². The summed E-state index contributed by atoms with van der Waals surface area (Å²) in [4.78, 5) is 0. The molecule has 0 N–H and O–H groups in total. The molecule has 0 amide bonds. The zero-order valence-electron chi connectivity index (χ0n) is 19.9. The first kappa shape index (κ1) is 26.3. The van der Waals surface area contributed by atoms with E-state index in [0.29, 0.717) is 11.5 Å². The smallest absolute Gasteiger partial charge is 0.421 e. The van der Waals surface area contributed by atoms with Crippen molar-refractivity contribution in [3.8, 4) is 22.6 Å². The van der Waals surface area contributed by atoms with Crippen LogP contribution in [-0.2, 0) is 4.74 Å². The van der Waals surface area contributed by atoms with Gasteiger partial charge in [0.1, 0.15) is 5.75 Å². The molecule has 0 aliphatic heterocycles.